The van der Waals surface area contributed by atoms with E-state index in [-0.39, 0.29) is 0 Å². The van der Waals surface area contributed by atoms with Crippen LogP contribution in [-0.2, 0) is 6.54 Å². The highest BCUT2D eigenvalue weighted by atomic mass is 35.5. The van der Waals surface area contributed by atoms with E-state index in [0.717, 1.165) is 63.9 Å². The lowest BCUT2D eigenvalue weighted by molar-refractivity contribution is 0.293. The summed E-state index contributed by atoms with van der Waals surface area (Å²) in [4.78, 5) is 7.06. The lowest BCUT2D eigenvalue weighted by atomic mass is 10.1. The number of nitrogens with zero attached hydrogens (tertiary/aromatic N) is 3. The zero-order chi connectivity index (χ0) is 18.3. The summed E-state index contributed by atoms with van der Waals surface area (Å²) < 4.78 is 2.29. The molecule has 0 unspecified atom stereocenters. The van der Waals surface area contributed by atoms with Gasteiger partial charge in [-0.2, -0.15) is 0 Å². The molecule has 0 atom stereocenters. The molecule has 5 heteroatoms. The number of pyridine rings is 1. The fraction of sp³-hybridized carbons (Fsp3) is 0.286. The van der Waals surface area contributed by atoms with Crippen molar-refractivity contribution in [2.45, 2.75) is 20.4 Å². The van der Waals surface area contributed by atoms with Crippen LogP contribution in [-0.4, -0.2) is 34.1 Å². The number of fused-ring (bicyclic) bond motifs is 5. The molecule has 3 nitrogen and oxygen atoms in total. The van der Waals surface area contributed by atoms with Gasteiger partial charge in [-0.15, -0.1) is 0 Å². The van der Waals surface area contributed by atoms with E-state index in [1.807, 2.05) is 30.3 Å². The Labute approximate surface area is 163 Å². The first-order valence-corrected chi connectivity index (χ1v) is 9.77. The number of rotatable bonds is 5. The maximum atomic E-state index is 6.66. The summed E-state index contributed by atoms with van der Waals surface area (Å²) in [6.07, 6.45) is 0. The third-order valence-corrected chi connectivity index (χ3v) is 5.65. The van der Waals surface area contributed by atoms with E-state index in [0.29, 0.717) is 5.15 Å². The van der Waals surface area contributed by atoms with Crippen molar-refractivity contribution in [3.8, 4) is 0 Å². The van der Waals surface area contributed by atoms with E-state index in [2.05, 4.69) is 40.4 Å². The van der Waals surface area contributed by atoms with Gasteiger partial charge in [-0.25, -0.2) is 4.98 Å². The molecule has 0 amide bonds. The summed E-state index contributed by atoms with van der Waals surface area (Å²) in [6, 6.07) is 14.2. The minimum Gasteiger partial charge on any atom is -0.337 e. The molecular weight excluding hydrogens is 365 g/mol. The number of likely N-dealkylation sites (N-methyl/N-ethyl adjacent to an activating group) is 1. The van der Waals surface area contributed by atoms with E-state index in [1.54, 1.807) is 0 Å². The van der Waals surface area contributed by atoms with Gasteiger partial charge in [0.15, 0.2) is 5.15 Å². The first-order chi connectivity index (χ1) is 12.6. The Morgan fingerprint density at radius 3 is 2.54 bits per heavy atom. The Kier molecular flexibility index (Phi) is 4.78. The minimum absolute atomic E-state index is 0.547. The molecule has 134 valence electrons. The molecule has 2 aromatic carbocycles. The molecule has 26 heavy (non-hydrogen) atoms. The molecule has 2 heterocycles. The van der Waals surface area contributed by atoms with Gasteiger partial charge in [0.1, 0.15) is 0 Å². The molecule has 2 aromatic heterocycles. The van der Waals surface area contributed by atoms with Crippen LogP contribution in [0.2, 0.25) is 10.2 Å². The predicted molar refractivity (Wildman–Crippen MR) is 113 cm³/mol. The standard InChI is InChI=1S/C21H21Cl2N3/c1-3-25(4-2)11-12-26-18-10-9-14(22)13-16(18)19-15-7-5-6-8-17(15)24-21(23)20(19)26/h5-10,13H,3-4,11-12H2,1-2H3. The number of halogens is 2. The molecular formula is C21H21Cl2N3. The predicted octanol–water partition coefficient (Wildman–Crippen LogP) is 5.99. The van der Waals surface area contributed by atoms with Gasteiger partial charge in [-0.1, -0.05) is 55.2 Å². The topological polar surface area (TPSA) is 21.1 Å². The monoisotopic (exact) mass is 385 g/mol. The molecule has 4 rings (SSSR count). The van der Waals surface area contributed by atoms with Crippen molar-refractivity contribution in [3.05, 3.63) is 52.6 Å². The molecule has 0 bridgehead atoms. The smallest absolute Gasteiger partial charge is 0.154 e. The molecule has 0 aliphatic rings. The van der Waals surface area contributed by atoms with Crippen LogP contribution in [0.4, 0.5) is 0 Å². The lowest BCUT2D eigenvalue weighted by Gasteiger charge is -2.19. The molecule has 0 N–H and O–H groups in total. The molecule has 0 aliphatic heterocycles. The first-order valence-electron chi connectivity index (χ1n) is 9.02. The summed E-state index contributed by atoms with van der Waals surface area (Å²) in [5.74, 6) is 0. The summed E-state index contributed by atoms with van der Waals surface area (Å²) in [5, 5.41) is 4.66. The highest BCUT2D eigenvalue weighted by Gasteiger charge is 2.18. The summed E-state index contributed by atoms with van der Waals surface area (Å²) >= 11 is 13.0. The van der Waals surface area contributed by atoms with E-state index < -0.39 is 0 Å². The van der Waals surface area contributed by atoms with Crippen molar-refractivity contribution in [1.29, 1.82) is 0 Å². The Bertz CT molecular complexity index is 1100. The maximum Gasteiger partial charge on any atom is 0.154 e. The van der Waals surface area contributed by atoms with Gasteiger partial charge in [0, 0.05) is 39.8 Å². The van der Waals surface area contributed by atoms with Gasteiger partial charge in [-0.05, 0) is 37.4 Å². The van der Waals surface area contributed by atoms with Crippen molar-refractivity contribution < 1.29 is 0 Å². The van der Waals surface area contributed by atoms with Crippen molar-refractivity contribution in [2.75, 3.05) is 19.6 Å². The summed E-state index contributed by atoms with van der Waals surface area (Å²) in [7, 11) is 0. The highest BCUT2D eigenvalue weighted by Crippen LogP contribution is 2.38. The second kappa shape index (κ2) is 7.07. The van der Waals surface area contributed by atoms with Crippen LogP contribution in [0.25, 0.3) is 32.7 Å². The zero-order valence-corrected chi connectivity index (χ0v) is 16.5. The average Bonchev–Trinajstić information content (AvgIpc) is 2.97. The van der Waals surface area contributed by atoms with Crippen LogP contribution in [0.3, 0.4) is 0 Å². The van der Waals surface area contributed by atoms with Crippen LogP contribution in [0.5, 0.6) is 0 Å². The number of para-hydroxylation sites is 1. The van der Waals surface area contributed by atoms with Crippen LogP contribution in [0.1, 0.15) is 13.8 Å². The van der Waals surface area contributed by atoms with Gasteiger partial charge in [-0.3, -0.25) is 0 Å². The second-order valence-electron chi connectivity index (χ2n) is 6.48. The Hall–Kier alpha value is -1.81. The lowest BCUT2D eigenvalue weighted by Crippen LogP contribution is -2.27. The van der Waals surface area contributed by atoms with Gasteiger partial charge >= 0.3 is 0 Å². The van der Waals surface area contributed by atoms with Crippen LogP contribution >= 0.6 is 23.2 Å². The average molecular weight is 386 g/mol. The fourth-order valence-electron chi connectivity index (χ4n) is 3.77. The first kappa shape index (κ1) is 17.6. The van der Waals surface area contributed by atoms with Gasteiger partial charge in [0.05, 0.1) is 11.0 Å². The normalized spacial score (nSPS) is 12.0. The van der Waals surface area contributed by atoms with E-state index in [9.17, 15) is 0 Å². The van der Waals surface area contributed by atoms with Crippen molar-refractivity contribution in [2.24, 2.45) is 0 Å². The van der Waals surface area contributed by atoms with Gasteiger partial charge < -0.3 is 9.47 Å². The van der Waals surface area contributed by atoms with Gasteiger partial charge in [0.25, 0.3) is 0 Å². The minimum atomic E-state index is 0.547. The van der Waals surface area contributed by atoms with Gasteiger partial charge in [0.2, 0.25) is 0 Å². The third kappa shape index (κ3) is 2.84. The quantitative estimate of drug-likeness (QED) is 0.393. The third-order valence-electron chi connectivity index (χ3n) is 5.15. The number of aromatic nitrogens is 2. The summed E-state index contributed by atoms with van der Waals surface area (Å²) in [5.41, 5.74) is 3.05. The largest absolute Gasteiger partial charge is 0.337 e. The molecule has 0 saturated carbocycles. The van der Waals surface area contributed by atoms with Crippen LogP contribution in [0.15, 0.2) is 42.5 Å². The maximum absolute atomic E-state index is 6.66. The van der Waals surface area contributed by atoms with Crippen molar-refractivity contribution >= 4 is 55.9 Å². The van der Waals surface area contributed by atoms with Crippen molar-refractivity contribution in [1.82, 2.24) is 14.5 Å². The Morgan fingerprint density at radius 1 is 1.00 bits per heavy atom. The number of hydrogen-bond acceptors (Lipinski definition) is 2. The van der Waals surface area contributed by atoms with Crippen LogP contribution in [0, 0.1) is 0 Å². The molecule has 0 spiro atoms. The Morgan fingerprint density at radius 2 is 1.77 bits per heavy atom. The molecule has 4 aromatic rings. The highest BCUT2D eigenvalue weighted by molar-refractivity contribution is 6.38. The second-order valence-corrected chi connectivity index (χ2v) is 7.28. The van der Waals surface area contributed by atoms with Crippen LogP contribution < -0.4 is 0 Å². The fourth-order valence-corrected chi connectivity index (χ4v) is 4.23. The SMILES string of the molecule is CCN(CC)CCn1c2ccc(Cl)cc2c2c3ccccc3nc(Cl)c21. The zero-order valence-electron chi connectivity index (χ0n) is 15.0. The number of benzene rings is 2. The van der Waals surface area contributed by atoms with E-state index >= 15 is 0 Å². The summed E-state index contributed by atoms with van der Waals surface area (Å²) in [6.45, 7) is 8.29. The molecule has 0 fully saturated rings. The molecule has 0 radical (unpaired) electrons. The molecule has 0 saturated heterocycles. The number of hydrogen-bond donors (Lipinski definition) is 0. The molecule has 0 aliphatic carbocycles. The Balaban J connectivity index is 2.04. The van der Waals surface area contributed by atoms with Crippen molar-refractivity contribution in [3.63, 3.8) is 0 Å². The van der Waals surface area contributed by atoms with E-state index in [1.165, 1.54) is 0 Å². The van der Waals surface area contributed by atoms with E-state index in [4.69, 9.17) is 23.2 Å².